The first-order valence-corrected chi connectivity index (χ1v) is 8.53. The van der Waals surface area contributed by atoms with Crippen LogP contribution in [0, 0.1) is 0 Å². The highest BCUT2D eigenvalue weighted by atomic mass is 16.2. The third-order valence-electron chi connectivity index (χ3n) is 4.64. The summed E-state index contributed by atoms with van der Waals surface area (Å²) in [7, 11) is 0. The van der Waals surface area contributed by atoms with E-state index in [1.807, 2.05) is 37.8 Å². The summed E-state index contributed by atoms with van der Waals surface area (Å²) in [4.78, 5) is 27.6. The highest BCUT2D eigenvalue weighted by molar-refractivity contribution is 5.81. The molecular weight excluding hydrogens is 290 g/mol. The lowest BCUT2D eigenvalue weighted by Gasteiger charge is -2.33. The van der Waals surface area contributed by atoms with E-state index >= 15 is 0 Å². The van der Waals surface area contributed by atoms with E-state index in [0.717, 1.165) is 24.4 Å². The van der Waals surface area contributed by atoms with Crippen LogP contribution in [-0.2, 0) is 22.6 Å². The van der Waals surface area contributed by atoms with Gasteiger partial charge in [-0.05, 0) is 38.3 Å². The van der Waals surface area contributed by atoms with Crippen LogP contribution in [0.15, 0.2) is 24.3 Å². The van der Waals surface area contributed by atoms with E-state index in [0.29, 0.717) is 19.6 Å². The van der Waals surface area contributed by atoms with Crippen LogP contribution in [0.3, 0.4) is 0 Å². The number of nitrogens with one attached hydrogen (secondary N) is 2. The molecule has 1 aromatic carbocycles. The topological polar surface area (TPSA) is 53.9 Å². The first-order chi connectivity index (χ1) is 11.1. The van der Waals surface area contributed by atoms with Gasteiger partial charge >= 0.3 is 0 Å². The summed E-state index contributed by atoms with van der Waals surface area (Å²) in [6.45, 7) is 9.03. The SMILES string of the molecule is CCNC(=O)C[NH+](CC)[C@H](C)C(=O)N1CCc2ccccc2C1. The monoisotopic (exact) mass is 318 g/mol. The van der Waals surface area contributed by atoms with Crippen molar-refractivity contribution in [3.05, 3.63) is 35.4 Å². The van der Waals surface area contributed by atoms with Gasteiger partial charge in [-0.25, -0.2) is 0 Å². The van der Waals surface area contributed by atoms with Gasteiger partial charge in [-0.3, -0.25) is 9.59 Å². The van der Waals surface area contributed by atoms with Gasteiger partial charge in [-0.1, -0.05) is 24.3 Å². The van der Waals surface area contributed by atoms with E-state index in [-0.39, 0.29) is 17.9 Å². The molecule has 1 unspecified atom stereocenters. The van der Waals surface area contributed by atoms with Crippen molar-refractivity contribution in [1.82, 2.24) is 10.2 Å². The highest BCUT2D eigenvalue weighted by Gasteiger charge is 2.31. The third kappa shape index (κ3) is 4.32. The molecule has 2 amide bonds. The van der Waals surface area contributed by atoms with Crippen LogP contribution in [0.4, 0.5) is 0 Å². The van der Waals surface area contributed by atoms with E-state index in [1.165, 1.54) is 11.1 Å². The molecule has 0 aliphatic carbocycles. The van der Waals surface area contributed by atoms with Gasteiger partial charge in [0, 0.05) is 19.6 Å². The van der Waals surface area contributed by atoms with Gasteiger partial charge in [0.05, 0.1) is 6.54 Å². The molecule has 5 heteroatoms. The Morgan fingerprint density at radius 2 is 1.96 bits per heavy atom. The fraction of sp³-hybridized carbons (Fsp3) is 0.556. The molecule has 1 heterocycles. The second-order valence-electron chi connectivity index (χ2n) is 6.14. The zero-order valence-electron chi connectivity index (χ0n) is 14.4. The number of fused-ring (bicyclic) bond motifs is 1. The molecule has 0 radical (unpaired) electrons. The summed E-state index contributed by atoms with van der Waals surface area (Å²) in [5.74, 6) is 0.147. The molecule has 0 fully saturated rings. The third-order valence-corrected chi connectivity index (χ3v) is 4.64. The summed E-state index contributed by atoms with van der Waals surface area (Å²) < 4.78 is 0. The minimum Gasteiger partial charge on any atom is -0.351 e. The van der Waals surface area contributed by atoms with Crippen molar-refractivity contribution in [2.45, 2.75) is 39.8 Å². The molecule has 1 aliphatic heterocycles. The van der Waals surface area contributed by atoms with E-state index in [1.54, 1.807) is 0 Å². The molecule has 2 rings (SSSR count). The van der Waals surface area contributed by atoms with E-state index in [9.17, 15) is 9.59 Å². The second-order valence-corrected chi connectivity index (χ2v) is 6.14. The largest absolute Gasteiger partial charge is 0.351 e. The Bertz CT molecular complexity index is 559. The van der Waals surface area contributed by atoms with Crippen LogP contribution < -0.4 is 10.2 Å². The lowest BCUT2D eigenvalue weighted by atomic mass is 9.99. The minimum atomic E-state index is -0.201. The number of nitrogens with zero attached hydrogens (tertiary/aromatic N) is 1. The molecule has 2 atom stereocenters. The second kappa shape index (κ2) is 8.11. The van der Waals surface area contributed by atoms with Gasteiger partial charge in [-0.2, -0.15) is 0 Å². The molecular formula is C18H28N3O2+. The Hall–Kier alpha value is -1.88. The van der Waals surface area contributed by atoms with Gasteiger partial charge in [0.2, 0.25) is 0 Å². The number of carbonyl (C=O) groups is 2. The Morgan fingerprint density at radius 3 is 2.61 bits per heavy atom. The average molecular weight is 318 g/mol. The van der Waals surface area contributed by atoms with Gasteiger partial charge in [0.25, 0.3) is 11.8 Å². The lowest BCUT2D eigenvalue weighted by molar-refractivity contribution is -0.904. The summed E-state index contributed by atoms with van der Waals surface area (Å²) in [6.07, 6.45) is 0.909. The van der Waals surface area contributed by atoms with Crippen molar-refractivity contribution in [1.29, 1.82) is 0 Å². The van der Waals surface area contributed by atoms with Crippen LogP contribution >= 0.6 is 0 Å². The number of hydrogen-bond acceptors (Lipinski definition) is 2. The normalized spacial score (nSPS) is 16.4. The lowest BCUT2D eigenvalue weighted by Crippen LogP contribution is -3.17. The smallest absolute Gasteiger partial charge is 0.280 e. The zero-order valence-corrected chi connectivity index (χ0v) is 14.4. The van der Waals surface area contributed by atoms with E-state index in [4.69, 9.17) is 0 Å². The van der Waals surface area contributed by atoms with Crippen molar-refractivity contribution in [2.75, 3.05) is 26.2 Å². The Morgan fingerprint density at radius 1 is 1.26 bits per heavy atom. The summed E-state index contributed by atoms with van der Waals surface area (Å²) >= 11 is 0. The Balaban J connectivity index is 2.00. The van der Waals surface area contributed by atoms with E-state index in [2.05, 4.69) is 17.4 Å². The number of rotatable bonds is 6. The van der Waals surface area contributed by atoms with E-state index < -0.39 is 0 Å². The fourth-order valence-electron chi connectivity index (χ4n) is 3.18. The number of amides is 2. The van der Waals surface area contributed by atoms with Gasteiger partial charge in [0.15, 0.2) is 12.6 Å². The zero-order chi connectivity index (χ0) is 16.8. The quantitative estimate of drug-likeness (QED) is 0.776. The first kappa shape index (κ1) is 17.5. The Labute approximate surface area is 138 Å². The molecule has 0 saturated heterocycles. The van der Waals surface area contributed by atoms with Crippen LogP contribution in [0.2, 0.25) is 0 Å². The van der Waals surface area contributed by atoms with Crippen LogP contribution in [0.1, 0.15) is 31.9 Å². The number of benzene rings is 1. The fourth-order valence-corrected chi connectivity index (χ4v) is 3.18. The molecule has 23 heavy (non-hydrogen) atoms. The predicted molar refractivity (Wildman–Crippen MR) is 90.1 cm³/mol. The molecule has 1 aliphatic rings. The maximum Gasteiger partial charge on any atom is 0.280 e. The molecule has 0 spiro atoms. The Kier molecular flexibility index (Phi) is 6.16. The minimum absolute atomic E-state index is 0.00740. The van der Waals surface area contributed by atoms with Crippen LogP contribution in [0.5, 0.6) is 0 Å². The molecule has 0 bridgehead atoms. The van der Waals surface area contributed by atoms with Gasteiger partial charge < -0.3 is 15.1 Å². The molecule has 2 N–H and O–H groups in total. The number of likely N-dealkylation sites (N-methyl/N-ethyl adjacent to an activating group) is 2. The van der Waals surface area contributed by atoms with Crippen molar-refractivity contribution in [3.63, 3.8) is 0 Å². The molecule has 0 aromatic heterocycles. The summed E-state index contributed by atoms with van der Waals surface area (Å²) in [5, 5.41) is 2.81. The van der Waals surface area contributed by atoms with Gasteiger partial charge in [-0.15, -0.1) is 0 Å². The van der Waals surface area contributed by atoms with Crippen LogP contribution in [-0.4, -0.2) is 48.9 Å². The van der Waals surface area contributed by atoms with Crippen LogP contribution in [0.25, 0.3) is 0 Å². The molecule has 0 saturated carbocycles. The molecule has 126 valence electrons. The molecule has 1 aromatic rings. The first-order valence-electron chi connectivity index (χ1n) is 8.53. The summed E-state index contributed by atoms with van der Waals surface area (Å²) in [6, 6.07) is 8.11. The van der Waals surface area contributed by atoms with Crippen molar-refractivity contribution < 1.29 is 14.5 Å². The van der Waals surface area contributed by atoms with Gasteiger partial charge in [0.1, 0.15) is 0 Å². The standard InChI is InChI=1S/C18H27N3O2/c1-4-19-17(22)13-20(5-2)14(3)18(23)21-11-10-15-8-6-7-9-16(15)12-21/h6-9,14H,4-5,10-13H2,1-3H3,(H,19,22)/p+1/t14-/m1/s1. The number of hydrogen-bond donors (Lipinski definition) is 2. The summed E-state index contributed by atoms with van der Waals surface area (Å²) in [5.41, 5.74) is 2.58. The maximum absolute atomic E-state index is 12.8. The number of carbonyl (C=O) groups excluding carboxylic acids is 2. The predicted octanol–water partition coefficient (Wildman–Crippen LogP) is 0.000700. The average Bonchev–Trinajstić information content (AvgIpc) is 2.58. The van der Waals surface area contributed by atoms with Crippen molar-refractivity contribution in [3.8, 4) is 0 Å². The molecule has 5 nitrogen and oxygen atoms in total. The highest BCUT2D eigenvalue weighted by Crippen LogP contribution is 2.18. The van der Waals surface area contributed by atoms with Crippen molar-refractivity contribution >= 4 is 11.8 Å². The number of quaternary nitrogens is 1. The maximum atomic E-state index is 12.8. The van der Waals surface area contributed by atoms with Crippen molar-refractivity contribution in [2.24, 2.45) is 0 Å².